The molecule has 3 atom stereocenters. The van der Waals surface area contributed by atoms with Crippen molar-refractivity contribution in [3.63, 3.8) is 0 Å². The first kappa shape index (κ1) is 34.4. The zero-order valence-electron chi connectivity index (χ0n) is 23.5. The Morgan fingerprint density at radius 3 is 1.37 bits per heavy atom. The van der Waals surface area contributed by atoms with Crippen molar-refractivity contribution in [1.29, 1.82) is 0 Å². The van der Waals surface area contributed by atoms with Crippen molar-refractivity contribution in [1.82, 2.24) is 5.32 Å². The zero-order chi connectivity index (χ0) is 26.0. The van der Waals surface area contributed by atoms with Crippen LogP contribution in [0.15, 0.2) is 0 Å². The van der Waals surface area contributed by atoms with Gasteiger partial charge in [0.15, 0.2) is 0 Å². The Morgan fingerprint density at radius 1 is 0.600 bits per heavy atom. The average molecular weight is 500 g/mol. The molecule has 0 aliphatic rings. The maximum absolute atomic E-state index is 12.2. The molecule has 0 bridgehead atoms. The van der Waals surface area contributed by atoms with Crippen LogP contribution in [0.25, 0.3) is 0 Å². The third-order valence-electron chi connectivity index (χ3n) is 7.21. The number of hydrogen-bond acceptors (Lipinski definition) is 4. The van der Waals surface area contributed by atoms with Gasteiger partial charge < -0.3 is 20.6 Å². The second-order valence-electron chi connectivity index (χ2n) is 10.7. The lowest BCUT2D eigenvalue weighted by Crippen LogP contribution is -2.50. The summed E-state index contributed by atoms with van der Waals surface area (Å²) in [6.07, 6.45) is 24.8. The molecule has 35 heavy (non-hydrogen) atoms. The summed E-state index contributed by atoms with van der Waals surface area (Å²) >= 11 is 0. The van der Waals surface area contributed by atoms with E-state index in [0.717, 1.165) is 32.1 Å². The van der Waals surface area contributed by atoms with Gasteiger partial charge in [-0.25, -0.2) is 0 Å². The number of carbonyl (C=O) groups excluding carboxylic acids is 1. The summed E-state index contributed by atoms with van der Waals surface area (Å²) in [4.78, 5) is 12.2. The second-order valence-corrected chi connectivity index (χ2v) is 10.7. The second kappa shape index (κ2) is 26.4. The molecule has 0 rings (SSSR count). The highest BCUT2D eigenvalue weighted by Gasteiger charge is 2.26. The summed E-state index contributed by atoms with van der Waals surface area (Å²) in [5.41, 5.74) is 0. The molecule has 5 heteroatoms. The van der Waals surface area contributed by atoms with Gasteiger partial charge in [0.1, 0.15) is 6.10 Å². The molecular weight excluding hydrogens is 438 g/mol. The fourth-order valence-corrected chi connectivity index (χ4v) is 4.75. The smallest absolute Gasteiger partial charge is 0.220 e. The van der Waals surface area contributed by atoms with Crippen LogP contribution in [0.4, 0.5) is 0 Å². The summed E-state index contributed by atoms with van der Waals surface area (Å²) in [5.74, 6) is -0.152. The van der Waals surface area contributed by atoms with E-state index in [4.69, 9.17) is 0 Å². The lowest BCUT2D eigenvalue weighted by atomic mass is 9.99. The molecule has 5 nitrogen and oxygen atoms in total. The van der Waals surface area contributed by atoms with Crippen LogP contribution in [-0.4, -0.2) is 46.1 Å². The van der Waals surface area contributed by atoms with E-state index in [2.05, 4.69) is 19.2 Å². The normalized spacial score (nSPS) is 14.1. The van der Waals surface area contributed by atoms with Crippen molar-refractivity contribution in [2.45, 2.75) is 180 Å². The first-order chi connectivity index (χ1) is 17.1. The van der Waals surface area contributed by atoms with E-state index in [0.29, 0.717) is 12.8 Å². The van der Waals surface area contributed by atoms with Crippen LogP contribution in [0.1, 0.15) is 162 Å². The highest BCUT2D eigenvalue weighted by Crippen LogP contribution is 2.15. The van der Waals surface area contributed by atoms with E-state index in [1.54, 1.807) is 0 Å². The average Bonchev–Trinajstić information content (AvgIpc) is 2.86. The molecule has 0 spiro atoms. The monoisotopic (exact) mass is 499 g/mol. The minimum Gasteiger partial charge on any atom is -0.394 e. The molecule has 0 unspecified atom stereocenters. The van der Waals surface area contributed by atoms with Crippen molar-refractivity contribution in [2.24, 2.45) is 0 Å². The first-order valence-corrected chi connectivity index (χ1v) is 15.3. The van der Waals surface area contributed by atoms with Gasteiger partial charge in [0.25, 0.3) is 0 Å². The lowest BCUT2D eigenvalue weighted by Gasteiger charge is -2.26. The van der Waals surface area contributed by atoms with Crippen molar-refractivity contribution in [3.8, 4) is 0 Å². The Morgan fingerprint density at radius 2 is 0.971 bits per heavy atom. The van der Waals surface area contributed by atoms with E-state index < -0.39 is 18.2 Å². The summed E-state index contributed by atoms with van der Waals surface area (Å²) in [7, 11) is 0. The SMILES string of the molecule is CCCCCCCCCCCCCCCC[C@@H](O)[C@@H](O)[C@H](CO)NC(=O)CCCCCCCCC. The van der Waals surface area contributed by atoms with Gasteiger partial charge in [0.05, 0.1) is 18.8 Å². The molecule has 0 saturated heterocycles. The predicted octanol–water partition coefficient (Wildman–Crippen LogP) is 7.20. The molecule has 4 N–H and O–H groups in total. The summed E-state index contributed by atoms with van der Waals surface area (Å²) in [6.45, 7) is 4.10. The highest BCUT2D eigenvalue weighted by atomic mass is 16.3. The van der Waals surface area contributed by atoms with Gasteiger partial charge in [-0.2, -0.15) is 0 Å². The number of unbranched alkanes of at least 4 members (excludes halogenated alkanes) is 19. The molecule has 0 saturated carbocycles. The fraction of sp³-hybridized carbons (Fsp3) is 0.967. The molecule has 1 amide bonds. The van der Waals surface area contributed by atoms with E-state index in [1.165, 1.54) is 103 Å². The number of rotatable bonds is 27. The summed E-state index contributed by atoms with van der Waals surface area (Å²) in [5, 5.41) is 33.0. The van der Waals surface area contributed by atoms with Crippen LogP contribution in [0, 0.1) is 0 Å². The highest BCUT2D eigenvalue weighted by molar-refractivity contribution is 5.76. The maximum Gasteiger partial charge on any atom is 0.220 e. The van der Waals surface area contributed by atoms with E-state index in [9.17, 15) is 20.1 Å². The molecule has 0 aromatic carbocycles. The minimum atomic E-state index is -1.13. The number of aliphatic hydroxyl groups is 3. The molecule has 0 fully saturated rings. The number of carbonyl (C=O) groups is 1. The largest absolute Gasteiger partial charge is 0.394 e. The van der Waals surface area contributed by atoms with Gasteiger partial charge in [0.2, 0.25) is 5.91 Å². The Kier molecular flexibility index (Phi) is 25.9. The van der Waals surface area contributed by atoms with Gasteiger partial charge in [-0.15, -0.1) is 0 Å². The topological polar surface area (TPSA) is 89.8 Å². The fourth-order valence-electron chi connectivity index (χ4n) is 4.75. The molecule has 210 valence electrons. The molecular formula is C30H61NO4. The molecule has 0 aromatic rings. The lowest BCUT2D eigenvalue weighted by molar-refractivity contribution is -0.124. The van der Waals surface area contributed by atoms with Crippen LogP contribution in [0.3, 0.4) is 0 Å². The van der Waals surface area contributed by atoms with Crippen LogP contribution in [0.5, 0.6) is 0 Å². The van der Waals surface area contributed by atoms with Gasteiger partial charge >= 0.3 is 0 Å². The van der Waals surface area contributed by atoms with Gasteiger partial charge in [-0.3, -0.25) is 4.79 Å². The Balaban J connectivity index is 3.70. The molecule has 0 aliphatic carbocycles. The van der Waals surface area contributed by atoms with Gasteiger partial charge in [-0.05, 0) is 12.8 Å². The van der Waals surface area contributed by atoms with Crippen LogP contribution >= 0.6 is 0 Å². The molecule has 0 heterocycles. The number of amides is 1. The van der Waals surface area contributed by atoms with Crippen LogP contribution in [0.2, 0.25) is 0 Å². The van der Waals surface area contributed by atoms with E-state index in [1.807, 2.05) is 0 Å². The Labute approximate surface area is 217 Å². The quantitative estimate of drug-likeness (QED) is 0.0900. The van der Waals surface area contributed by atoms with Crippen LogP contribution < -0.4 is 5.32 Å². The van der Waals surface area contributed by atoms with Crippen LogP contribution in [-0.2, 0) is 4.79 Å². The standard InChI is InChI=1S/C30H61NO4/c1-3-5-7-9-11-12-13-14-15-16-17-19-20-22-24-28(33)30(35)27(26-32)31-29(34)25-23-21-18-10-8-6-4-2/h27-28,30,32-33,35H,3-26H2,1-2H3,(H,31,34)/t27-,28+,30-/m0/s1. The number of hydrogen-bond donors (Lipinski definition) is 4. The molecule has 0 aromatic heterocycles. The van der Waals surface area contributed by atoms with Crippen molar-refractivity contribution in [2.75, 3.05) is 6.61 Å². The van der Waals surface area contributed by atoms with Gasteiger partial charge in [-0.1, -0.05) is 142 Å². The summed E-state index contributed by atoms with van der Waals surface area (Å²) < 4.78 is 0. The Hall–Kier alpha value is -0.650. The van der Waals surface area contributed by atoms with Crippen molar-refractivity contribution < 1.29 is 20.1 Å². The summed E-state index contributed by atoms with van der Waals surface area (Å²) in [6, 6.07) is -0.798. The third-order valence-corrected chi connectivity index (χ3v) is 7.21. The molecule has 0 aliphatic heterocycles. The van der Waals surface area contributed by atoms with E-state index >= 15 is 0 Å². The van der Waals surface area contributed by atoms with Crippen molar-refractivity contribution >= 4 is 5.91 Å². The molecule has 0 radical (unpaired) electrons. The van der Waals surface area contributed by atoms with E-state index in [-0.39, 0.29) is 12.5 Å². The maximum atomic E-state index is 12.2. The van der Waals surface area contributed by atoms with Gasteiger partial charge in [0, 0.05) is 6.42 Å². The predicted molar refractivity (Wildman–Crippen MR) is 149 cm³/mol. The minimum absolute atomic E-state index is 0.152. The Bertz CT molecular complexity index is 446. The zero-order valence-corrected chi connectivity index (χ0v) is 23.5. The van der Waals surface area contributed by atoms with Crippen molar-refractivity contribution in [3.05, 3.63) is 0 Å². The number of nitrogens with one attached hydrogen (secondary N) is 1. The third kappa shape index (κ3) is 22.3. The first-order valence-electron chi connectivity index (χ1n) is 15.3. The number of aliphatic hydroxyl groups excluding tert-OH is 3.